The summed E-state index contributed by atoms with van der Waals surface area (Å²) < 4.78 is 26.6. The SMILES string of the molecule is C#CCC(=O)NCCOCCOCCOCCOCCOCCC(=O)ON1C(=O)CCC1=O. The fourth-order valence-electron chi connectivity index (χ4n) is 2.36. The topological polar surface area (TPSA) is 139 Å². The molecule has 0 spiro atoms. The van der Waals surface area contributed by atoms with E-state index < -0.39 is 17.8 Å². The van der Waals surface area contributed by atoms with E-state index in [9.17, 15) is 19.2 Å². The Morgan fingerprint density at radius 3 is 1.73 bits per heavy atom. The van der Waals surface area contributed by atoms with Crippen LogP contribution in [0.25, 0.3) is 0 Å². The predicted octanol–water partition coefficient (Wildman–Crippen LogP) is -0.794. The standard InChI is InChI=1S/C21H32N2O10/c1-2-3-18(24)22-7-9-29-11-13-31-15-17-32-16-14-30-12-10-28-8-6-21(27)33-23-19(25)4-5-20(23)26/h1H,3-17H2,(H,22,24). The minimum absolute atomic E-state index is 0.0592. The number of rotatable bonds is 20. The first-order chi connectivity index (χ1) is 16.0. The van der Waals surface area contributed by atoms with Crippen LogP contribution in [-0.2, 0) is 47.7 Å². The molecule has 0 aromatic heterocycles. The summed E-state index contributed by atoms with van der Waals surface area (Å²) in [6.45, 7) is 3.99. The van der Waals surface area contributed by atoms with Gasteiger partial charge in [-0.1, -0.05) is 5.92 Å². The molecule has 0 unspecified atom stereocenters. The van der Waals surface area contributed by atoms with Crippen LogP contribution in [0, 0.1) is 12.3 Å². The van der Waals surface area contributed by atoms with Crippen molar-refractivity contribution in [2.75, 3.05) is 72.6 Å². The van der Waals surface area contributed by atoms with E-state index in [0.29, 0.717) is 64.5 Å². The van der Waals surface area contributed by atoms with Gasteiger partial charge >= 0.3 is 5.97 Å². The summed E-state index contributed by atoms with van der Waals surface area (Å²) in [6, 6.07) is 0. The molecule has 1 N–H and O–H groups in total. The molecule has 1 rings (SSSR count). The van der Waals surface area contributed by atoms with Crippen molar-refractivity contribution in [3.05, 3.63) is 0 Å². The number of nitrogens with zero attached hydrogens (tertiary/aromatic N) is 1. The molecule has 0 aromatic carbocycles. The van der Waals surface area contributed by atoms with Crippen LogP contribution in [0.2, 0.25) is 0 Å². The minimum atomic E-state index is -0.703. The first-order valence-corrected chi connectivity index (χ1v) is 10.7. The van der Waals surface area contributed by atoms with E-state index in [1.807, 2.05) is 0 Å². The van der Waals surface area contributed by atoms with Gasteiger partial charge in [0, 0.05) is 19.4 Å². The average molecular weight is 472 g/mol. The van der Waals surface area contributed by atoms with E-state index in [2.05, 4.69) is 11.2 Å². The van der Waals surface area contributed by atoms with Gasteiger partial charge in [-0.25, -0.2) is 4.79 Å². The van der Waals surface area contributed by atoms with E-state index in [1.54, 1.807) is 0 Å². The molecule has 186 valence electrons. The largest absolute Gasteiger partial charge is 0.378 e. The highest BCUT2D eigenvalue weighted by Crippen LogP contribution is 2.12. The molecule has 1 heterocycles. The summed E-state index contributed by atoms with van der Waals surface area (Å²) in [4.78, 5) is 50.0. The summed E-state index contributed by atoms with van der Waals surface area (Å²) in [6.07, 6.45) is 5.13. The third-order valence-electron chi connectivity index (χ3n) is 3.97. The van der Waals surface area contributed by atoms with Gasteiger partial charge in [0.1, 0.15) is 0 Å². The molecule has 1 aliphatic rings. The van der Waals surface area contributed by atoms with Crippen molar-refractivity contribution in [3.8, 4) is 12.3 Å². The summed E-state index contributed by atoms with van der Waals surface area (Å²) in [5.74, 6) is 0.338. The van der Waals surface area contributed by atoms with Crippen LogP contribution < -0.4 is 5.32 Å². The Hall–Kier alpha value is -2.56. The van der Waals surface area contributed by atoms with Crippen LogP contribution in [0.3, 0.4) is 0 Å². The maximum atomic E-state index is 11.6. The lowest BCUT2D eigenvalue weighted by Crippen LogP contribution is -2.32. The second-order valence-electron chi connectivity index (χ2n) is 6.59. The molecule has 1 saturated heterocycles. The van der Waals surface area contributed by atoms with E-state index >= 15 is 0 Å². The number of hydroxylamine groups is 2. The Labute approximate surface area is 193 Å². The van der Waals surface area contributed by atoms with Gasteiger partial charge in [-0.3, -0.25) is 14.4 Å². The summed E-state index contributed by atoms with van der Waals surface area (Å²) in [5, 5.41) is 3.14. The van der Waals surface area contributed by atoms with Crippen molar-refractivity contribution in [1.29, 1.82) is 0 Å². The Balaban J connectivity index is 1.76. The number of carbonyl (C=O) groups is 4. The second kappa shape index (κ2) is 19.0. The molecular formula is C21H32N2O10. The van der Waals surface area contributed by atoms with Gasteiger partial charge in [0.15, 0.2) is 0 Å². The van der Waals surface area contributed by atoms with Gasteiger partial charge in [0.25, 0.3) is 11.8 Å². The van der Waals surface area contributed by atoms with Gasteiger partial charge in [0.2, 0.25) is 5.91 Å². The molecule has 0 aromatic rings. The molecule has 0 saturated carbocycles. The van der Waals surface area contributed by atoms with Crippen molar-refractivity contribution in [2.45, 2.75) is 25.7 Å². The second-order valence-corrected chi connectivity index (χ2v) is 6.59. The van der Waals surface area contributed by atoms with Crippen LogP contribution in [0.4, 0.5) is 0 Å². The molecule has 0 atom stereocenters. The van der Waals surface area contributed by atoms with Crippen LogP contribution >= 0.6 is 0 Å². The molecule has 12 nitrogen and oxygen atoms in total. The molecule has 1 aliphatic heterocycles. The maximum Gasteiger partial charge on any atom is 0.335 e. The Morgan fingerprint density at radius 2 is 1.24 bits per heavy atom. The third kappa shape index (κ3) is 15.0. The monoisotopic (exact) mass is 472 g/mol. The smallest absolute Gasteiger partial charge is 0.335 e. The quantitative estimate of drug-likeness (QED) is 0.136. The van der Waals surface area contributed by atoms with Crippen molar-refractivity contribution in [2.24, 2.45) is 0 Å². The Morgan fingerprint density at radius 1 is 0.788 bits per heavy atom. The molecule has 33 heavy (non-hydrogen) atoms. The van der Waals surface area contributed by atoms with Crippen molar-refractivity contribution in [3.63, 3.8) is 0 Å². The van der Waals surface area contributed by atoms with Crippen molar-refractivity contribution >= 4 is 23.7 Å². The molecular weight excluding hydrogens is 440 g/mol. The molecule has 0 bridgehead atoms. The molecule has 0 radical (unpaired) electrons. The van der Waals surface area contributed by atoms with Gasteiger partial charge in [-0.15, -0.1) is 11.5 Å². The predicted molar refractivity (Wildman–Crippen MR) is 112 cm³/mol. The lowest BCUT2D eigenvalue weighted by molar-refractivity contribution is -0.198. The van der Waals surface area contributed by atoms with Crippen molar-refractivity contribution in [1.82, 2.24) is 10.4 Å². The van der Waals surface area contributed by atoms with Crippen molar-refractivity contribution < 1.29 is 47.7 Å². The van der Waals surface area contributed by atoms with Crippen LogP contribution in [0.1, 0.15) is 25.7 Å². The first kappa shape index (κ1) is 28.5. The number of carbonyl (C=O) groups excluding carboxylic acids is 4. The highest BCUT2D eigenvalue weighted by atomic mass is 16.7. The van der Waals surface area contributed by atoms with Gasteiger partial charge in [-0.05, 0) is 0 Å². The van der Waals surface area contributed by atoms with E-state index in [0.717, 1.165) is 0 Å². The highest BCUT2D eigenvalue weighted by molar-refractivity contribution is 6.01. The number of ether oxygens (including phenoxy) is 5. The minimum Gasteiger partial charge on any atom is -0.378 e. The zero-order valence-electron chi connectivity index (χ0n) is 18.7. The third-order valence-corrected chi connectivity index (χ3v) is 3.97. The lowest BCUT2D eigenvalue weighted by Gasteiger charge is -2.12. The van der Waals surface area contributed by atoms with Gasteiger partial charge in [0.05, 0.1) is 78.9 Å². The lowest BCUT2D eigenvalue weighted by atomic mass is 10.4. The molecule has 3 amide bonds. The van der Waals surface area contributed by atoms with Crippen LogP contribution in [-0.4, -0.2) is 101 Å². The Bertz CT molecular complexity index is 633. The van der Waals surface area contributed by atoms with Crippen LogP contribution in [0.5, 0.6) is 0 Å². The van der Waals surface area contributed by atoms with Gasteiger partial charge in [-0.2, -0.15) is 0 Å². The number of hydrogen-bond donors (Lipinski definition) is 1. The fraction of sp³-hybridized carbons (Fsp3) is 0.714. The van der Waals surface area contributed by atoms with E-state index in [4.69, 9.17) is 34.9 Å². The number of terminal acetylenes is 1. The molecule has 1 fully saturated rings. The first-order valence-electron chi connectivity index (χ1n) is 10.7. The van der Waals surface area contributed by atoms with Crippen LogP contribution in [0.15, 0.2) is 0 Å². The number of hydrogen-bond acceptors (Lipinski definition) is 10. The Kier molecular flexibility index (Phi) is 16.4. The molecule has 12 heteroatoms. The summed E-state index contributed by atoms with van der Waals surface area (Å²) in [7, 11) is 0. The average Bonchev–Trinajstić information content (AvgIpc) is 3.10. The zero-order chi connectivity index (χ0) is 24.2. The fourth-order valence-corrected chi connectivity index (χ4v) is 2.36. The summed E-state index contributed by atoms with van der Waals surface area (Å²) in [5.41, 5.74) is 0. The number of nitrogens with one attached hydrogen (secondary N) is 1. The van der Waals surface area contributed by atoms with E-state index in [1.165, 1.54) is 0 Å². The number of amides is 3. The highest BCUT2D eigenvalue weighted by Gasteiger charge is 2.32. The zero-order valence-corrected chi connectivity index (χ0v) is 18.7. The normalized spacial score (nSPS) is 13.2. The summed E-state index contributed by atoms with van der Waals surface area (Å²) >= 11 is 0. The van der Waals surface area contributed by atoms with Gasteiger partial charge < -0.3 is 33.8 Å². The maximum absolute atomic E-state index is 11.6. The molecule has 0 aliphatic carbocycles. The number of imide groups is 1. The van der Waals surface area contributed by atoms with E-state index in [-0.39, 0.29) is 44.8 Å².